The first-order valence-corrected chi connectivity index (χ1v) is 7.06. The SMILES string of the molecule is O=[N+]([O-])c1ccc(NC2CSc3ccccc32)c(F)c1. The van der Waals surface area contributed by atoms with Crippen LogP contribution in [0.5, 0.6) is 0 Å². The molecule has 0 aliphatic carbocycles. The van der Waals surface area contributed by atoms with Crippen molar-refractivity contribution in [2.75, 3.05) is 11.1 Å². The normalized spacial score (nSPS) is 16.8. The van der Waals surface area contributed by atoms with Gasteiger partial charge in [0.15, 0.2) is 5.82 Å². The molecular weight excluding hydrogens is 279 g/mol. The van der Waals surface area contributed by atoms with Crippen LogP contribution in [0.1, 0.15) is 11.6 Å². The number of rotatable bonds is 3. The van der Waals surface area contributed by atoms with Gasteiger partial charge in [-0.05, 0) is 17.7 Å². The highest BCUT2D eigenvalue weighted by Crippen LogP contribution is 2.40. The quantitative estimate of drug-likeness (QED) is 0.686. The van der Waals surface area contributed by atoms with Crippen LogP contribution in [0.4, 0.5) is 15.8 Å². The zero-order valence-electron chi connectivity index (χ0n) is 10.4. The highest BCUT2D eigenvalue weighted by molar-refractivity contribution is 7.99. The van der Waals surface area contributed by atoms with Gasteiger partial charge >= 0.3 is 0 Å². The van der Waals surface area contributed by atoms with E-state index in [0.29, 0.717) is 0 Å². The third-order valence-corrected chi connectivity index (χ3v) is 4.38. The first kappa shape index (κ1) is 12.9. The molecule has 6 heteroatoms. The van der Waals surface area contributed by atoms with Crippen LogP contribution < -0.4 is 5.32 Å². The number of thioether (sulfide) groups is 1. The average molecular weight is 290 g/mol. The summed E-state index contributed by atoms with van der Waals surface area (Å²) in [5.41, 5.74) is 1.18. The summed E-state index contributed by atoms with van der Waals surface area (Å²) in [5.74, 6) is 0.212. The summed E-state index contributed by atoms with van der Waals surface area (Å²) in [6, 6.07) is 11.7. The van der Waals surface area contributed by atoms with E-state index in [9.17, 15) is 14.5 Å². The Morgan fingerprint density at radius 3 is 2.85 bits per heavy atom. The molecule has 0 saturated carbocycles. The Morgan fingerprint density at radius 2 is 2.10 bits per heavy atom. The Kier molecular flexibility index (Phi) is 3.31. The molecule has 0 bridgehead atoms. The van der Waals surface area contributed by atoms with E-state index in [4.69, 9.17) is 0 Å². The van der Waals surface area contributed by atoms with Gasteiger partial charge < -0.3 is 5.32 Å². The zero-order valence-corrected chi connectivity index (χ0v) is 11.2. The van der Waals surface area contributed by atoms with Crippen molar-refractivity contribution >= 4 is 23.1 Å². The van der Waals surface area contributed by atoms with Crippen molar-refractivity contribution in [3.8, 4) is 0 Å². The minimum atomic E-state index is -0.604. The van der Waals surface area contributed by atoms with Gasteiger partial charge in [0.05, 0.1) is 22.7 Å². The van der Waals surface area contributed by atoms with Crippen LogP contribution in [0.25, 0.3) is 0 Å². The largest absolute Gasteiger partial charge is 0.375 e. The Bertz CT molecular complexity index is 678. The Morgan fingerprint density at radius 1 is 1.30 bits per heavy atom. The molecule has 1 aliphatic heterocycles. The second-order valence-corrected chi connectivity index (χ2v) is 5.53. The van der Waals surface area contributed by atoms with E-state index in [1.165, 1.54) is 17.0 Å². The van der Waals surface area contributed by atoms with Crippen LogP contribution in [0.2, 0.25) is 0 Å². The first-order chi connectivity index (χ1) is 9.65. The van der Waals surface area contributed by atoms with E-state index in [0.717, 1.165) is 17.4 Å². The molecule has 0 saturated heterocycles. The maximum atomic E-state index is 13.9. The minimum absolute atomic E-state index is 0.0205. The third kappa shape index (κ3) is 2.34. The Balaban J connectivity index is 1.84. The molecule has 4 nitrogen and oxygen atoms in total. The van der Waals surface area contributed by atoms with Crippen LogP contribution in [0, 0.1) is 15.9 Å². The average Bonchev–Trinajstić information content (AvgIpc) is 2.84. The van der Waals surface area contributed by atoms with Crippen molar-refractivity contribution < 1.29 is 9.31 Å². The monoisotopic (exact) mass is 290 g/mol. The summed E-state index contributed by atoms with van der Waals surface area (Å²) in [4.78, 5) is 11.2. The lowest BCUT2D eigenvalue weighted by Crippen LogP contribution is -2.11. The van der Waals surface area contributed by atoms with Crippen molar-refractivity contribution in [3.63, 3.8) is 0 Å². The highest BCUT2D eigenvalue weighted by atomic mass is 32.2. The lowest BCUT2D eigenvalue weighted by molar-refractivity contribution is -0.385. The number of halogens is 1. The second-order valence-electron chi connectivity index (χ2n) is 4.47. The summed E-state index contributed by atoms with van der Waals surface area (Å²) in [5, 5.41) is 13.7. The minimum Gasteiger partial charge on any atom is -0.375 e. The summed E-state index contributed by atoms with van der Waals surface area (Å²) >= 11 is 1.72. The number of nitrogens with one attached hydrogen (secondary N) is 1. The molecular formula is C14H11FN2O2S. The number of hydrogen-bond acceptors (Lipinski definition) is 4. The van der Waals surface area contributed by atoms with Gasteiger partial charge in [0, 0.05) is 16.7 Å². The lowest BCUT2D eigenvalue weighted by atomic mass is 10.1. The van der Waals surface area contributed by atoms with Gasteiger partial charge in [-0.3, -0.25) is 10.1 Å². The molecule has 0 fully saturated rings. The standard InChI is InChI=1S/C14H11FN2O2S/c15-11-7-9(17(18)19)5-6-12(11)16-13-8-20-14-4-2-1-3-10(13)14/h1-7,13,16H,8H2. The number of nitrogens with zero attached hydrogens (tertiary/aromatic N) is 1. The number of nitro benzene ring substituents is 1. The summed E-state index contributed by atoms with van der Waals surface area (Å²) in [6.45, 7) is 0. The molecule has 0 radical (unpaired) electrons. The Hall–Kier alpha value is -2.08. The van der Waals surface area contributed by atoms with Gasteiger partial charge in [-0.15, -0.1) is 11.8 Å². The summed E-state index contributed by atoms with van der Waals surface area (Å²) in [6.07, 6.45) is 0. The molecule has 0 aromatic heterocycles. The molecule has 102 valence electrons. The molecule has 3 rings (SSSR count). The summed E-state index contributed by atoms with van der Waals surface area (Å²) in [7, 11) is 0. The number of anilines is 1. The fourth-order valence-electron chi connectivity index (χ4n) is 2.20. The fourth-order valence-corrected chi connectivity index (χ4v) is 3.37. The van der Waals surface area contributed by atoms with Crippen molar-refractivity contribution in [3.05, 3.63) is 64.0 Å². The Labute approximate surface area is 119 Å². The second kappa shape index (κ2) is 5.13. The van der Waals surface area contributed by atoms with Gasteiger partial charge in [-0.2, -0.15) is 0 Å². The van der Waals surface area contributed by atoms with Gasteiger partial charge in [-0.25, -0.2) is 4.39 Å². The van der Waals surface area contributed by atoms with E-state index >= 15 is 0 Å². The van der Waals surface area contributed by atoms with Crippen molar-refractivity contribution in [1.82, 2.24) is 0 Å². The van der Waals surface area contributed by atoms with Crippen LogP contribution in [0.3, 0.4) is 0 Å². The topological polar surface area (TPSA) is 55.2 Å². The maximum Gasteiger partial charge on any atom is 0.272 e. The van der Waals surface area contributed by atoms with E-state index < -0.39 is 10.7 Å². The van der Waals surface area contributed by atoms with Crippen LogP contribution in [-0.4, -0.2) is 10.7 Å². The predicted octanol–water partition coefficient (Wildman–Crippen LogP) is 3.99. The number of nitro groups is 1. The van der Waals surface area contributed by atoms with E-state index in [-0.39, 0.29) is 17.4 Å². The van der Waals surface area contributed by atoms with Crippen LogP contribution >= 0.6 is 11.8 Å². The van der Waals surface area contributed by atoms with Crippen LogP contribution in [0.15, 0.2) is 47.4 Å². The summed E-state index contributed by atoms with van der Waals surface area (Å²) < 4.78 is 13.9. The fraction of sp³-hybridized carbons (Fsp3) is 0.143. The molecule has 2 aromatic carbocycles. The third-order valence-electron chi connectivity index (χ3n) is 3.19. The maximum absolute atomic E-state index is 13.9. The molecule has 0 amide bonds. The van der Waals surface area contributed by atoms with Crippen molar-refractivity contribution in [2.45, 2.75) is 10.9 Å². The van der Waals surface area contributed by atoms with Gasteiger partial charge in [0.25, 0.3) is 5.69 Å². The predicted molar refractivity (Wildman–Crippen MR) is 76.6 cm³/mol. The molecule has 0 spiro atoms. The molecule has 1 unspecified atom stereocenters. The van der Waals surface area contributed by atoms with Gasteiger partial charge in [0.1, 0.15) is 0 Å². The van der Waals surface area contributed by atoms with E-state index in [1.54, 1.807) is 11.8 Å². The molecule has 1 heterocycles. The molecule has 1 atom stereocenters. The van der Waals surface area contributed by atoms with E-state index in [1.807, 2.05) is 24.3 Å². The van der Waals surface area contributed by atoms with E-state index in [2.05, 4.69) is 5.32 Å². The molecule has 1 N–H and O–H groups in total. The lowest BCUT2D eigenvalue weighted by Gasteiger charge is -2.15. The van der Waals surface area contributed by atoms with Crippen LogP contribution in [-0.2, 0) is 0 Å². The van der Waals surface area contributed by atoms with Crippen molar-refractivity contribution in [2.24, 2.45) is 0 Å². The number of hydrogen-bond donors (Lipinski definition) is 1. The number of fused-ring (bicyclic) bond motifs is 1. The van der Waals surface area contributed by atoms with Crippen molar-refractivity contribution in [1.29, 1.82) is 0 Å². The molecule has 1 aliphatic rings. The molecule has 2 aromatic rings. The number of benzene rings is 2. The number of non-ortho nitro benzene ring substituents is 1. The van der Waals surface area contributed by atoms with Gasteiger partial charge in [0.2, 0.25) is 0 Å². The molecule has 20 heavy (non-hydrogen) atoms. The van der Waals surface area contributed by atoms with Gasteiger partial charge in [-0.1, -0.05) is 18.2 Å². The zero-order chi connectivity index (χ0) is 14.1. The first-order valence-electron chi connectivity index (χ1n) is 6.07. The smallest absolute Gasteiger partial charge is 0.272 e. The highest BCUT2D eigenvalue weighted by Gasteiger charge is 2.23.